The van der Waals surface area contributed by atoms with Crippen molar-refractivity contribution < 1.29 is 85.2 Å². The molecule has 7 aliphatic rings. The van der Waals surface area contributed by atoms with E-state index in [0.717, 1.165) is 55.8 Å². The fourth-order valence-corrected chi connectivity index (χ4v) is 17.0. The maximum Gasteiger partial charge on any atom is 0.316 e. The third-order valence-electron chi connectivity index (χ3n) is 24.4. The lowest BCUT2D eigenvalue weighted by molar-refractivity contribution is -0.177. The molecule has 9 amide bonds. The van der Waals surface area contributed by atoms with Crippen molar-refractivity contribution in [2.24, 2.45) is 22.2 Å². The highest BCUT2D eigenvalue weighted by Crippen LogP contribution is 2.39. The summed E-state index contributed by atoms with van der Waals surface area (Å²) in [6.45, 7) is 34.9. The SMILES string of the molecule is C=C1O[C@@H]([C@@H](C)O)C(=O)N[C@@H](C)C(=O)N2CCC[C@H](N2)C(=O)N[C@H](C)c2ccc3ccc(cc3n2)/C=C/C1(C)C.CC(C)[C@@H]1OC(=O)C2(/C=C/c3ccc4ccc(nc4c3)[C@@H](C)NC(=O)[C@@H]3CCCN(N3)C(=O)[C@H](C)NC1=O)CCN(S(C)(=O)=O)CC2.C[C@@H]1NC(=O)[C@H]([C@@H](C)OC(C)(C)C)OC(=O)C(C)(C)/C=C/c2ccc3ccc(nc3c2)[C@@H](C)NC(=O)[C@@H]2CCCN(N2)C1=O. The van der Waals surface area contributed by atoms with Crippen molar-refractivity contribution in [1.82, 2.24) is 82.5 Å². The summed E-state index contributed by atoms with van der Waals surface area (Å²) >= 11 is 0. The van der Waals surface area contributed by atoms with E-state index in [9.17, 15) is 66.3 Å². The summed E-state index contributed by atoms with van der Waals surface area (Å²) < 4.78 is 49.6. The first-order valence-electron chi connectivity index (χ1n) is 45.0. The molecule has 15 bridgehead atoms. The lowest BCUT2D eigenvalue weighted by atomic mass is 9.78. The van der Waals surface area contributed by atoms with Crippen LogP contribution in [0.4, 0.5) is 0 Å². The summed E-state index contributed by atoms with van der Waals surface area (Å²) in [4.78, 5) is 162. The van der Waals surface area contributed by atoms with E-state index in [1.165, 1.54) is 26.3 Å². The van der Waals surface area contributed by atoms with Crippen LogP contribution >= 0.6 is 0 Å². The van der Waals surface area contributed by atoms with Crippen LogP contribution in [0.5, 0.6) is 0 Å². The summed E-state index contributed by atoms with van der Waals surface area (Å²) in [5, 5.41) is 34.3. The Labute approximate surface area is 765 Å². The molecule has 10 N–H and O–H groups in total. The van der Waals surface area contributed by atoms with E-state index < -0.39 is 158 Å². The molecule has 0 aliphatic carbocycles. The van der Waals surface area contributed by atoms with Crippen LogP contribution in [0.2, 0.25) is 0 Å². The van der Waals surface area contributed by atoms with Gasteiger partial charge in [-0.3, -0.25) is 82.7 Å². The van der Waals surface area contributed by atoms with Crippen LogP contribution < -0.4 is 48.2 Å². The molecular weight excluding hydrogens is 1700 g/mol. The fraction of sp³-hybridized carbons (Fsp3) is 0.521. The van der Waals surface area contributed by atoms with Gasteiger partial charge >= 0.3 is 11.9 Å². The number of nitrogens with one attached hydrogen (secondary N) is 9. The maximum atomic E-state index is 14.0. The molecule has 10 heterocycles. The van der Waals surface area contributed by atoms with E-state index in [4.69, 9.17) is 33.9 Å². The Bertz CT molecular complexity index is 5530. The smallest absolute Gasteiger partial charge is 0.316 e. The number of sulfonamides is 1. The maximum absolute atomic E-state index is 14.0. The molecule has 3 aromatic carbocycles. The highest BCUT2D eigenvalue weighted by molar-refractivity contribution is 7.88. The van der Waals surface area contributed by atoms with Gasteiger partial charge in [0.1, 0.15) is 42.4 Å². The van der Waals surface area contributed by atoms with E-state index in [2.05, 4.69) is 54.8 Å². The number of allylic oxidation sites excluding steroid dienone is 1. The molecule has 34 nitrogen and oxygen atoms in total. The number of carbonyl (C=O) groups excluding carboxylic acids is 11. The topological polar surface area (TPSA) is 439 Å². The minimum absolute atomic E-state index is 0.110. The number of hydrazine groups is 3. The predicted molar refractivity (Wildman–Crippen MR) is 495 cm³/mol. The second kappa shape index (κ2) is 42.0. The van der Waals surface area contributed by atoms with E-state index in [1.54, 1.807) is 73.6 Å². The number of benzene rings is 3. The first kappa shape index (κ1) is 100. The van der Waals surface area contributed by atoms with Gasteiger partial charge < -0.3 is 56.0 Å². The zero-order valence-corrected chi connectivity index (χ0v) is 78.9. The zero-order valence-electron chi connectivity index (χ0n) is 78.1. The van der Waals surface area contributed by atoms with E-state index in [1.807, 2.05) is 165 Å². The molecule has 14 atom stereocenters. The number of cyclic esters (lactones) is 2. The van der Waals surface area contributed by atoms with Gasteiger partial charge in [0.25, 0.3) is 35.4 Å². The number of pyridine rings is 3. The van der Waals surface area contributed by atoms with Gasteiger partial charge in [-0.15, -0.1) is 0 Å². The number of ether oxygens (including phenoxy) is 4. The number of nitrogens with zero attached hydrogens (tertiary/aromatic N) is 7. The lowest BCUT2D eigenvalue weighted by Crippen LogP contribution is -2.61. The van der Waals surface area contributed by atoms with Crippen LogP contribution in [0.3, 0.4) is 0 Å². The molecule has 6 aromatic rings. The number of hydrogen-bond donors (Lipinski definition) is 10. The van der Waals surface area contributed by atoms with Gasteiger partial charge in [0.2, 0.25) is 40.0 Å². The lowest BCUT2D eigenvalue weighted by Gasteiger charge is -2.38. The van der Waals surface area contributed by atoms with Crippen molar-refractivity contribution in [1.29, 1.82) is 0 Å². The van der Waals surface area contributed by atoms with Crippen molar-refractivity contribution in [3.05, 3.63) is 155 Å². The Kier molecular flexibility index (Phi) is 32.1. The van der Waals surface area contributed by atoms with Gasteiger partial charge in [-0.2, -0.15) is 0 Å². The van der Waals surface area contributed by atoms with Gasteiger partial charge in [-0.05, 0) is 214 Å². The summed E-state index contributed by atoms with van der Waals surface area (Å²) in [5.74, 6) is -5.32. The minimum Gasteiger partial charge on any atom is -0.482 e. The van der Waals surface area contributed by atoms with E-state index in [0.29, 0.717) is 75.1 Å². The molecule has 4 fully saturated rings. The highest BCUT2D eigenvalue weighted by Gasteiger charge is 2.47. The molecule has 3 aromatic heterocycles. The number of hydrogen-bond acceptors (Lipinski definition) is 24. The third-order valence-corrected chi connectivity index (χ3v) is 25.7. The average molecular weight is 1830 g/mol. The Morgan fingerprint density at radius 2 is 0.786 bits per heavy atom. The number of aliphatic hydroxyl groups is 1. The average Bonchev–Trinajstić information content (AvgIpc) is 1.22. The van der Waals surface area contributed by atoms with E-state index >= 15 is 0 Å². The molecule has 13 rings (SSSR count). The second-order valence-electron chi connectivity index (χ2n) is 37.7. The molecule has 0 unspecified atom stereocenters. The molecule has 7 aliphatic heterocycles. The number of aromatic nitrogens is 3. The van der Waals surface area contributed by atoms with Crippen LogP contribution in [0.25, 0.3) is 50.9 Å². The molecule has 1 spiro atoms. The number of piperidine rings is 1. The Morgan fingerprint density at radius 3 is 1.15 bits per heavy atom. The van der Waals surface area contributed by atoms with Crippen molar-refractivity contribution in [3.63, 3.8) is 0 Å². The van der Waals surface area contributed by atoms with Crippen molar-refractivity contribution in [2.75, 3.05) is 39.0 Å². The van der Waals surface area contributed by atoms with Gasteiger partial charge in [-0.1, -0.05) is 111 Å². The quantitative estimate of drug-likeness (QED) is 0.0724. The first-order valence-corrected chi connectivity index (χ1v) is 46.8. The van der Waals surface area contributed by atoms with Crippen LogP contribution in [0.15, 0.2) is 122 Å². The van der Waals surface area contributed by atoms with Crippen LogP contribution in [0.1, 0.15) is 221 Å². The number of rotatable bonds is 5. The zero-order chi connectivity index (χ0) is 95.7. The number of fused-ring (bicyclic) bond motifs is 12. The molecule has 35 heteroatoms. The largest absolute Gasteiger partial charge is 0.482 e. The Morgan fingerprint density at radius 1 is 0.450 bits per heavy atom. The molecule has 0 saturated carbocycles. The Balaban J connectivity index is 0.000000190. The summed E-state index contributed by atoms with van der Waals surface area (Å²) in [6.07, 6.45) is 10.0. The van der Waals surface area contributed by atoms with Gasteiger partial charge in [0.05, 0.1) is 86.3 Å². The van der Waals surface area contributed by atoms with Crippen molar-refractivity contribution >= 4 is 126 Å². The highest BCUT2D eigenvalue weighted by atomic mass is 32.2. The number of amides is 9. The number of aliphatic hydroxyl groups excluding tert-OH is 1. The minimum atomic E-state index is -3.47. The summed E-state index contributed by atoms with van der Waals surface area (Å²) in [7, 11) is -3.47. The normalized spacial score (nSPS) is 27.4. The van der Waals surface area contributed by atoms with Crippen LogP contribution in [-0.2, 0) is 81.7 Å². The Hall–Kier alpha value is -11.5. The summed E-state index contributed by atoms with van der Waals surface area (Å²) in [5.41, 5.74) is 12.2. The number of esters is 2. The second-order valence-corrected chi connectivity index (χ2v) is 39.7. The van der Waals surface area contributed by atoms with Crippen molar-refractivity contribution in [3.8, 4) is 0 Å². The van der Waals surface area contributed by atoms with Gasteiger partial charge in [0.15, 0.2) is 6.10 Å². The molecule has 131 heavy (non-hydrogen) atoms. The molecular formula is C96H128N16O18S. The van der Waals surface area contributed by atoms with Gasteiger partial charge in [-0.25, -0.2) is 29.0 Å². The molecule has 4 saturated heterocycles. The molecule has 0 radical (unpaired) electrons. The first-order chi connectivity index (χ1) is 61.5. The molecule has 706 valence electrons. The van der Waals surface area contributed by atoms with Crippen LogP contribution in [-0.4, -0.2) is 224 Å². The van der Waals surface area contributed by atoms with Crippen LogP contribution in [0, 0.1) is 22.2 Å². The number of carbonyl (C=O) groups is 11. The monoisotopic (exact) mass is 1820 g/mol. The predicted octanol–water partition coefficient (Wildman–Crippen LogP) is 8.37. The summed E-state index contributed by atoms with van der Waals surface area (Å²) in [6, 6.07) is 23.0. The fourth-order valence-electron chi connectivity index (χ4n) is 16.2. The van der Waals surface area contributed by atoms with Gasteiger partial charge in [0, 0.05) is 54.3 Å². The van der Waals surface area contributed by atoms with E-state index in [-0.39, 0.29) is 61.5 Å². The van der Waals surface area contributed by atoms with Crippen molar-refractivity contribution in [2.45, 2.75) is 260 Å². The standard InChI is InChI=1S/C33H44N6O7S.C33H45N5O6.C30H39N5O5/c1-20(2)28-30(41)35-22(4)31(42)39-16-6-7-26(37-39)29(40)34-21(3)25-11-10-24-9-8-23(19-27(24)36-25)12-13-33(32(43)46-28)14-17-38(18-15-33)47(5,44)45;1-19-24-14-13-23-12-11-22(18-26(23)36-24)15-16-33(7,8)31(42)43-27(21(3)44-32(4,5)6)29(40)35-20(2)30(41)38-17-9-10-25(37-38)28(39)34-19;1-17-23-12-11-22-10-9-21(16-25(22)33-23)13-14-30(5,6)20(4)40-26(19(3)36)28(38)32-18(2)29(39)35-15-7-8-24(34-35)27(37)31-17/h8-13,19-22,26,28,37H,6-7,14-18H2,1-5H3,(H,34,40)(H,35,41);11-16,18-21,25,27,37H,9-10,17H2,1-8H3,(H,34,39)(H,35,40);9-14,16-19,24,26,34,36H,4,7-8,15H2,1-3,5-6H3,(H,31,37)(H,32,38)/b13-12+;16-15+;14-13+/t21-,22+,26+,28+;19-,20+,21-,25+,27+;17-,18+,19-,24+,26+/m111/s1. The third kappa shape index (κ3) is 25.4.